The molecule has 2 aromatic rings. The Balaban J connectivity index is 1.90. The number of carbonyl (C=O) groups is 2. The van der Waals surface area contributed by atoms with Crippen LogP contribution in [0.1, 0.15) is 28.4 Å². The topological polar surface area (TPSA) is 52.6 Å². The van der Waals surface area contributed by atoms with Crippen molar-refractivity contribution in [3.63, 3.8) is 0 Å². The van der Waals surface area contributed by atoms with E-state index in [-0.39, 0.29) is 12.4 Å². The molecule has 0 aromatic heterocycles. The number of esters is 1. The maximum Gasteiger partial charge on any atom is 0.344 e. The molecule has 5 heteroatoms. The van der Waals surface area contributed by atoms with Crippen LogP contribution in [0.5, 0.6) is 5.75 Å². The summed E-state index contributed by atoms with van der Waals surface area (Å²) in [6.07, 6.45) is -0.856. The van der Waals surface area contributed by atoms with Crippen molar-refractivity contribution in [1.29, 1.82) is 0 Å². The van der Waals surface area contributed by atoms with E-state index >= 15 is 0 Å². The molecule has 0 amide bonds. The molecule has 0 aliphatic rings. The van der Waals surface area contributed by atoms with Crippen molar-refractivity contribution in [1.82, 2.24) is 0 Å². The van der Waals surface area contributed by atoms with Crippen LogP contribution in [-0.2, 0) is 9.53 Å². The summed E-state index contributed by atoms with van der Waals surface area (Å²) in [5.74, 6) is -0.261. The summed E-state index contributed by atoms with van der Waals surface area (Å²) in [6.45, 7) is 5.23. The molecule has 0 bridgehead atoms. The van der Waals surface area contributed by atoms with Gasteiger partial charge in [-0.25, -0.2) is 4.79 Å². The monoisotopic (exact) mass is 390 g/mol. The molecule has 0 saturated heterocycles. The van der Waals surface area contributed by atoms with Crippen molar-refractivity contribution >= 4 is 27.7 Å². The van der Waals surface area contributed by atoms with Gasteiger partial charge in [0, 0.05) is 10.0 Å². The third-order valence-electron chi connectivity index (χ3n) is 3.62. The maximum atomic E-state index is 12.3. The quantitative estimate of drug-likeness (QED) is 0.546. The fourth-order valence-corrected chi connectivity index (χ4v) is 2.49. The van der Waals surface area contributed by atoms with Crippen LogP contribution in [0.25, 0.3) is 0 Å². The first-order chi connectivity index (χ1) is 11.4. The molecule has 2 aromatic carbocycles. The summed E-state index contributed by atoms with van der Waals surface area (Å²) in [7, 11) is 0. The fraction of sp³-hybridized carbons (Fsp3) is 0.263. The Morgan fingerprint density at radius 2 is 1.83 bits per heavy atom. The van der Waals surface area contributed by atoms with Crippen molar-refractivity contribution in [2.24, 2.45) is 0 Å². The molecule has 0 unspecified atom stereocenters. The minimum Gasteiger partial charge on any atom is -0.482 e. The van der Waals surface area contributed by atoms with Gasteiger partial charge in [0.2, 0.25) is 5.78 Å². The minimum absolute atomic E-state index is 0.228. The number of halogens is 1. The van der Waals surface area contributed by atoms with Crippen LogP contribution < -0.4 is 4.74 Å². The van der Waals surface area contributed by atoms with E-state index in [1.807, 2.05) is 26.0 Å². The molecule has 0 aliphatic heterocycles. The highest BCUT2D eigenvalue weighted by Gasteiger charge is 2.20. The first kappa shape index (κ1) is 18.2. The molecule has 0 N–H and O–H groups in total. The highest BCUT2D eigenvalue weighted by Crippen LogP contribution is 2.18. The predicted octanol–water partition coefficient (Wildman–Crippen LogP) is 4.26. The van der Waals surface area contributed by atoms with E-state index in [4.69, 9.17) is 9.47 Å². The van der Waals surface area contributed by atoms with E-state index in [1.165, 1.54) is 0 Å². The van der Waals surface area contributed by atoms with Crippen LogP contribution in [-0.4, -0.2) is 24.5 Å². The van der Waals surface area contributed by atoms with Crippen LogP contribution >= 0.6 is 15.9 Å². The second-order valence-electron chi connectivity index (χ2n) is 5.54. The number of aryl methyl sites for hydroxylation is 2. The highest BCUT2D eigenvalue weighted by molar-refractivity contribution is 9.10. The van der Waals surface area contributed by atoms with Gasteiger partial charge >= 0.3 is 5.97 Å². The molecule has 4 nitrogen and oxygen atoms in total. The van der Waals surface area contributed by atoms with Gasteiger partial charge in [-0.15, -0.1) is 0 Å². The largest absolute Gasteiger partial charge is 0.482 e. The number of ether oxygens (including phenoxy) is 2. The van der Waals surface area contributed by atoms with E-state index in [1.54, 1.807) is 37.3 Å². The zero-order chi connectivity index (χ0) is 17.7. The minimum atomic E-state index is -0.856. The van der Waals surface area contributed by atoms with E-state index in [9.17, 15) is 9.59 Å². The summed E-state index contributed by atoms with van der Waals surface area (Å²) in [4.78, 5) is 24.2. The lowest BCUT2D eigenvalue weighted by Gasteiger charge is -2.13. The van der Waals surface area contributed by atoms with E-state index in [2.05, 4.69) is 15.9 Å². The smallest absolute Gasteiger partial charge is 0.344 e. The zero-order valence-electron chi connectivity index (χ0n) is 13.8. The summed E-state index contributed by atoms with van der Waals surface area (Å²) < 4.78 is 11.4. The standard InChI is InChI=1S/C19H19BrO4/c1-12-7-8-15(9-13(12)2)19(22)14(3)24-18(21)11-23-17-6-4-5-16(20)10-17/h4-10,14H,11H2,1-3H3/t14-/m0/s1. The first-order valence-corrected chi connectivity index (χ1v) is 8.35. The average molecular weight is 391 g/mol. The van der Waals surface area contributed by atoms with Gasteiger partial charge in [0.15, 0.2) is 12.7 Å². The van der Waals surface area contributed by atoms with Gasteiger partial charge < -0.3 is 9.47 Å². The van der Waals surface area contributed by atoms with Gasteiger partial charge in [-0.05, 0) is 56.2 Å². The summed E-state index contributed by atoms with van der Waals surface area (Å²) in [6, 6.07) is 12.6. The lowest BCUT2D eigenvalue weighted by molar-refractivity contribution is -0.148. The molecule has 1 atom stereocenters. The number of hydrogen-bond acceptors (Lipinski definition) is 4. The Bertz CT molecular complexity index is 755. The summed E-state index contributed by atoms with van der Waals surface area (Å²) in [5, 5.41) is 0. The van der Waals surface area contributed by atoms with Gasteiger partial charge in [0.25, 0.3) is 0 Å². The van der Waals surface area contributed by atoms with Crippen LogP contribution in [0.2, 0.25) is 0 Å². The molecule has 0 aliphatic carbocycles. The molecule has 0 radical (unpaired) electrons. The Kier molecular flexibility index (Phi) is 6.15. The third kappa shape index (κ3) is 4.93. The van der Waals surface area contributed by atoms with Crippen LogP contribution in [0.4, 0.5) is 0 Å². The molecule has 2 rings (SSSR count). The molecule has 0 fully saturated rings. The number of benzene rings is 2. The van der Waals surface area contributed by atoms with Crippen molar-refractivity contribution in [2.45, 2.75) is 26.9 Å². The predicted molar refractivity (Wildman–Crippen MR) is 95.4 cm³/mol. The lowest BCUT2D eigenvalue weighted by atomic mass is 10.0. The zero-order valence-corrected chi connectivity index (χ0v) is 15.4. The molecule has 0 heterocycles. The second kappa shape index (κ2) is 8.11. The third-order valence-corrected chi connectivity index (χ3v) is 4.11. The van der Waals surface area contributed by atoms with Gasteiger partial charge in [0.05, 0.1) is 0 Å². The maximum absolute atomic E-state index is 12.3. The van der Waals surface area contributed by atoms with E-state index in [0.29, 0.717) is 11.3 Å². The Hall–Kier alpha value is -2.14. The van der Waals surface area contributed by atoms with Crippen molar-refractivity contribution < 1.29 is 19.1 Å². The number of ketones is 1. The van der Waals surface area contributed by atoms with Crippen LogP contribution in [0.15, 0.2) is 46.9 Å². The van der Waals surface area contributed by atoms with Crippen LogP contribution in [0, 0.1) is 13.8 Å². The van der Waals surface area contributed by atoms with Gasteiger partial charge in [-0.3, -0.25) is 4.79 Å². The normalized spacial score (nSPS) is 11.7. The SMILES string of the molecule is Cc1ccc(C(=O)[C@H](C)OC(=O)COc2cccc(Br)c2)cc1C. The second-order valence-corrected chi connectivity index (χ2v) is 6.46. The molecular formula is C19H19BrO4. The average Bonchev–Trinajstić information content (AvgIpc) is 2.55. The Morgan fingerprint density at radius 1 is 1.08 bits per heavy atom. The Morgan fingerprint density at radius 3 is 2.50 bits per heavy atom. The molecule has 126 valence electrons. The number of carbonyl (C=O) groups excluding carboxylic acids is 2. The molecule has 0 saturated carbocycles. The first-order valence-electron chi connectivity index (χ1n) is 7.56. The van der Waals surface area contributed by atoms with Gasteiger partial charge in [-0.2, -0.15) is 0 Å². The Labute approximate surface area is 149 Å². The fourth-order valence-electron chi connectivity index (χ4n) is 2.11. The summed E-state index contributed by atoms with van der Waals surface area (Å²) in [5.41, 5.74) is 2.67. The number of rotatable bonds is 6. The van der Waals surface area contributed by atoms with E-state index in [0.717, 1.165) is 15.6 Å². The van der Waals surface area contributed by atoms with Crippen molar-refractivity contribution in [3.05, 3.63) is 63.6 Å². The molecular weight excluding hydrogens is 372 g/mol. The van der Waals surface area contributed by atoms with Crippen molar-refractivity contribution in [3.8, 4) is 5.75 Å². The van der Waals surface area contributed by atoms with Gasteiger partial charge in [-0.1, -0.05) is 34.1 Å². The van der Waals surface area contributed by atoms with Crippen LogP contribution in [0.3, 0.4) is 0 Å². The van der Waals surface area contributed by atoms with Crippen molar-refractivity contribution in [2.75, 3.05) is 6.61 Å². The molecule has 24 heavy (non-hydrogen) atoms. The van der Waals surface area contributed by atoms with Gasteiger partial charge in [0.1, 0.15) is 5.75 Å². The number of hydrogen-bond donors (Lipinski definition) is 0. The highest BCUT2D eigenvalue weighted by atomic mass is 79.9. The lowest BCUT2D eigenvalue weighted by Crippen LogP contribution is -2.27. The summed E-state index contributed by atoms with van der Waals surface area (Å²) >= 11 is 3.32. The molecule has 0 spiro atoms. The number of Topliss-reactive ketones (excluding diaryl/α,β-unsaturated/α-hetero) is 1. The van der Waals surface area contributed by atoms with E-state index < -0.39 is 12.1 Å².